The van der Waals surface area contributed by atoms with Crippen LogP contribution in [0, 0.1) is 17.8 Å². The summed E-state index contributed by atoms with van der Waals surface area (Å²) >= 11 is 0. The molecule has 13 heteroatoms. The van der Waals surface area contributed by atoms with Gasteiger partial charge in [-0.15, -0.1) is 6.58 Å². The molecule has 0 saturated heterocycles. The summed E-state index contributed by atoms with van der Waals surface area (Å²) in [5, 5.41) is 24.9. The quantitative estimate of drug-likeness (QED) is 0.0268. The number of hydrogen-bond acceptors (Lipinski definition) is 12. The van der Waals surface area contributed by atoms with Gasteiger partial charge < -0.3 is 43.5 Å². The monoisotopic (exact) mass is 930 g/mol. The van der Waals surface area contributed by atoms with Gasteiger partial charge in [-0.1, -0.05) is 97.7 Å². The summed E-state index contributed by atoms with van der Waals surface area (Å²) in [5.74, 6) is -0.218. The van der Waals surface area contributed by atoms with Crippen molar-refractivity contribution in [3.05, 3.63) is 144 Å². The molecule has 1 heterocycles. The molecule has 0 unspecified atom stereocenters. The summed E-state index contributed by atoms with van der Waals surface area (Å²) in [4.78, 5) is 34.6. The molecule has 4 aromatic rings. The van der Waals surface area contributed by atoms with E-state index in [0.29, 0.717) is 66.7 Å². The molecule has 1 saturated carbocycles. The number of carbonyl (C=O) groups is 2. The lowest BCUT2D eigenvalue weighted by atomic mass is 9.55. The van der Waals surface area contributed by atoms with Gasteiger partial charge in [-0.3, -0.25) is 9.69 Å². The summed E-state index contributed by atoms with van der Waals surface area (Å²) in [7, 11) is 1.51. The minimum Gasteiger partial charge on any atom is -0.496 e. The first-order valence-electron chi connectivity index (χ1n) is 24.0. The molecule has 2 N–H and O–H groups in total. The number of oxime groups is 1. The molecule has 2 aliphatic carbocycles. The van der Waals surface area contributed by atoms with E-state index < -0.39 is 23.8 Å². The first-order chi connectivity index (χ1) is 33.4. The topological polar surface area (TPSA) is 155 Å². The van der Waals surface area contributed by atoms with Crippen molar-refractivity contribution in [2.45, 2.75) is 89.3 Å². The Labute approximate surface area is 400 Å². The van der Waals surface area contributed by atoms with Gasteiger partial charge in [-0.25, -0.2) is 4.79 Å². The van der Waals surface area contributed by atoms with E-state index in [-0.39, 0.29) is 63.8 Å². The minimum absolute atomic E-state index is 0.000159. The summed E-state index contributed by atoms with van der Waals surface area (Å²) < 4.78 is 38.3. The Bertz CT molecular complexity index is 2320. The van der Waals surface area contributed by atoms with E-state index >= 15 is 0 Å². The van der Waals surface area contributed by atoms with Gasteiger partial charge in [0.2, 0.25) is 5.79 Å². The van der Waals surface area contributed by atoms with Crippen LogP contribution in [0.4, 0.5) is 4.79 Å². The second-order valence-electron chi connectivity index (χ2n) is 17.5. The van der Waals surface area contributed by atoms with Crippen molar-refractivity contribution in [2.75, 3.05) is 46.7 Å². The Morgan fingerprint density at radius 1 is 0.897 bits per heavy atom. The van der Waals surface area contributed by atoms with E-state index in [2.05, 4.69) is 12.7 Å². The molecule has 0 radical (unpaired) electrons. The summed E-state index contributed by atoms with van der Waals surface area (Å²) in [6.45, 7) is 7.53. The highest BCUT2D eigenvalue weighted by atomic mass is 16.7. The van der Waals surface area contributed by atoms with Crippen LogP contribution in [-0.4, -0.2) is 91.7 Å². The number of aliphatic hydroxyl groups is 2. The Hall–Kier alpha value is -5.99. The number of amides is 1. The molecule has 7 rings (SSSR count). The molecule has 0 bridgehead atoms. The van der Waals surface area contributed by atoms with E-state index in [4.69, 9.17) is 38.4 Å². The number of allylic oxidation sites excluding steroid dienone is 1. The molecule has 13 nitrogen and oxygen atoms in total. The number of nitrogens with zero attached hydrogens (tertiary/aromatic N) is 2. The number of hydrogen-bond donors (Lipinski definition) is 2. The van der Waals surface area contributed by atoms with E-state index in [9.17, 15) is 19.8 Å². The van der Waals surface area contributed by atoms with Crippen molar-refractivity contribution in [1.82, 2.24) is 4.90 Å². The number of unbranched alkanes of at least 4 members (excludes halogenated alkanes) is 2. The largest absolute Gasteiger partial charge is 0.496 e. The molecule has 0 spiro atoms. The molecule has 4 aromatic carbocycles. The highest BCUT2D eigenvalue weighted by Gasteiger charge is 2.65. The van der Waals surface area contributed by atoms with E-state index in [1.54, 1.807) is 29.2 Å². The van der Waals surface area contributed by atoms with Gasteiger partial charge in [0, 0.05) is 37.7 Å². The molecule has 1 fully saturated rings. The first-order valence-corrected chi connectivity index (χ1v) is 24.0. The standard InChI is InChI=1S/C55H66N2O11/c1-4-26-57(54(61)64-31-30-63-37-39-16-8-6-9-17-39)51-35-48(56-66-38-40-18-10-7-11-19-40)46-33-41(20-12-14-27-58)45(21-13-15-28-59)52-47-34-44(67-43-22-24-49(62-3)42(32-43)36-60)23-25-50(47)68-55(51,53(46)52)65-29-5-2/h5-11,16-19,22-25,32-34,36,41,45,51-53,58-59H,2,4,12-15,20-21,26-31,35,37-38H2,1,3H3/t41-,45+,51-,52+,53+,55+/m0/s1. The molecule has 6 atom stereocenters. The lowest BCUT2D eigenvalue weighted by Crippen LogP contribution is -2.70. The maximum Gasteiger partial charge on any atom is 0.410 e. The summed E-state index contributed by atoms with van der Waals surface area (Å²) in [5.41, 5.74) is 4.83. The number of aliphatic hydroxyl groups excluding tert-OH is 2. The molecule has 362 valence electrons. The van der Waals surface area contributed by atoms with Crippen molar-refractivity contribution >= 4 is 18.1 Å². The number of rotatable bonds is 26. The summed E-state index contributed by atoms with van der Waals surface area (Å²) in [6.07, 6.45) is 9.47. The number of benzene rings is 4. The molecule has 0 aromatic heterocycles. The van der Waals surface area contributed by atoms with Gasteiger partial charge in [0.05, 0.1) is 44.1 Å². The smallest absolute Gasteiger partial charge is 0.410 e. The van der Waals surface area contributed by atoms with Crippen molar-refractivity contribution in [3.63, 3.8) is 0 Å². The maximum absolute atomic E-state index is 14.6. The Morgan fingerprint density at radius 3 is 2.29 bits per heavy atom. The van der Waals surface area contributed by atoms with Crippen molar-refractivity contribution in [1.29, 1.82) is 0 Å². The average Bonchev–Trinajstić information content (AvgIpc) is 3.36. The molecular weight excluding hydrogens is 865 g/mol. The van der Waals surface area contributed by atoms with Crippen LogP contribution < -0.4 is 14.2 Å². The zero-order chi connectivity index (χ0) is 47.7. The minimum atomic E-state index is -1.46. The van der Waals surface area contributed by atoms with Crippen LogP contribution >= 0.6 is 0 Å². The van der Waals surface area contributed by atoms with E-state index in [1.807, 2.05) is 85.8 Å². The van der Waals surface area contributed by atoms with Crippen LogP contribution in [0.3, 0.4) is 0 Å². The number of ether oxygens (including phenoxy) is 6. The van der Waals surface area contributed by atoms with Gasteiger partial charge in [-0.2, -0.15) is 0 Å². The lowest BCUT2D eigenvalue weighted by Gasteiger charge is -2.59. The highest BCUT2D eigenvalue weighted by molar-refractivity contribution is 6.03. The molecule has 1 aliphatic heterocycles. The Balaban J connectivity index is 1.35. The third kappa shape index (κ3) is 11.8. The van der Waals surface area contributed by atoms with Gasteiger partial charge in [-0.05, 0) is 97.0 Å². The maximum atomic E-state index is 14.6. The van der Waals surface area contributed by atoms with Crippen molar-refractivity contribution in [3.8, 4) is 23.0 Å². The number of aldehydes is 1. The molecular formula is C55H66N2O11. The number of fused-ring (bicyclic) bond motifs is 2. The predicted molar refractivity (Wildman–Crippen MR) is 259 cm³/mol. The van der Waals surface area contributed by atoms with Crippen LogP contribution in [0.2, 0.25) is 0 Å². The molecule has 3 aliphatic rings. The number of methoxy groups -OCH3 is 1. The van der Waals surface area contributed by atoms with Crippen LogP contribution in [-0.2, 0) is 32.3 Å². The van der Waals surface area contributed by atoms with Crippen LogP contribution in [0.25, 0.3) is 0 Å². The zero-order valence-corrected chi connectivity index (χ0v) is 39.3. The first kappa shape index (κ1) is 49.9. The van der Waals surface area contributed by atoms with Gasteiger partial charge in [0.25, 0.3) is 0 Å². The van der Waals surface area contributed by atoms with Gasteiger partial charge in [0.1, 0.15) is 42.3 Å². The fourth-order valence-corrected chi connectivity index (χ4v) is 10.1. The fourth-order valence-electron chi connectivity index (χ4n) is 10.1. The van der Waals surface area contributed by atoms with Gasteiger partial charge >= 0.3 is 6.09 Å². The van der Waals surface area contributed by atoms with Gasteiger partial charge in [0.15, 0.2) is 6.29 Å². The van der Waals surface area contributed by atoms with Crippen molar-refractivity contribution in [2.24, 2.45) is 22.9 Å². The predicted octanol–water partition coefficient (Wildman–Crippen LogP) is 10.2. The van der Waals surface area contributed by atoms with E-state index in [1.165, 1.54) is 7.11 Å². The normalized spacial score (nSPS) is 21.9. The Kier molecular flexibility index (Phi) is 18.2. The second kappa shape index (κ2) is 24.9. The third-order valence-electron chi connectivity index (χ3n) is 13.1. The molecule has 1 amide bonds. The molecule has 68 heavy (non-hydrogen) atoms. The number of carbonyl (C=O) groups excluding carboxylic acids is 2. The zero-order valence-electron chi connectivity index (χ0n) is 39.3. The highest BCUT2D eigenvalue weighted by Crippen LogP contribution is 2.62. The van der Waals surface area contributed by atoms with E-state index in [0.717, 1.165) is 54.2 Å². The fraction of sp³-hybridized carbons (Fsp3) is 0.436. The third-order valence-corrected chi connectivity index (χ3v) is 13.1. The van der Waals surface area contributed by atoms with Crippen LogP contribution in [0.1, 0.15) is 91.3 Å². The average molecular weight is 931 g/mol. The second-order valence-corrected chi connectivity index (χ2v) is 17.5. The summed E-state index contributed by atoms with van der Waals surface area (Å²) in [6, 6.07) is 29.8. The SMILES string of the molecule is C=CCO[C@@]12Oc3ccc(Oc4ccc(OC)c(C=O)c4)cc3[C@H]3[C@H](CCCCO)[C@@H](CCCCO)C=C(C(=NOCc4ccccc4)C[C@@H]1N(CCC)C(=O)OCCOCc1ccccc1)[C@H]32. The van der Waals surface area contributed by atoms with Crippen molar-refractivity contribution < 1.29 is 53.1 Å². The Morgan fingerprint density at radius 2 is 1.60 bits per heavy atom. The van der Waals surface area contributed by atoms with Crippen LogP contribution in [0.15, 0.2) is 127 Å². The lowest BCUT2D eigenvalue weighted by molar-refractivity contribution is -0.255. The van der Waals surface area contributed by atoms with Crippen LogP contribution in [0.5, 0.6) is 23.0 Å².